The predicted octanol–water partition coefficient (Wildman–Crippen LogP) is 14.5. The summed E-state index contributed by atoms with van der Waals surface area (Å²) in [5, 5.41) is 12.2. The molecule has 1 nitrogen and oxygen atoms in total. The lowest BCUT2D eigenvalue weighted by Crippen LogP contribution is -1.99. The lowest BCUT2D eigenvalue weighted by molar-refractivity contribution is 0.673. The first kappa shape index (κ1) is 29.0. The van der Waals surface area contributed by atoms with Gasteiger partial charge in [0, 0.05) is 42.2 Å². The molecule has 50 heavy (non-hydrogen) atoms. The summed E-state index contributed by atoms with van der Waals surface area (Å²) < 4.78 is 9.31. The number of hydrogen-bond acceptors (Lipinski definition) is 2. The lowest BCUT2D eigenvalue weighted by atomic mass is 9.83. The second-order valence-electron chi connectivity index (χ2n) is 13.3. The Morgan fingerprint density at radius 2 is 1.20 bits per heavy atom. The van der Waals surface area contributed by atoms with Crippen LogP contribution in [0, 0.1) is 0 Å². The summed E-state index contributed by atoms with van der Waals surface area (Å²) in [6, 6.07) is 52.7. The van der Waals surface area contributed by atoms with Gasteiger partial charge in [-0.1, -0.05) is 122 Å². The van der Waals surface area contributed by atoms with E-state index in [9.17, 15) is 0 Å². The van der Waals surface area contributed by atoms with Crippen LogP contribution in [0.25, 0.3) is 91.1 Å². The average Bonchev–Trinajstić information content (AvgIpc) is 3.74. The molecular weight excluding hydrogens is 625 g/mol. The Balaban J connectivity index is 1.17. The van der Waals surface area contributed by atoms with Gasteiger partial charge in [-0.2, -0.15) is 0 Å². The molecule has 0 aliphatic carbocycles. The Labute approximate surface area is 294 Å². The zero-order valence-corrected chi connectivity index (χ0v) is 28.3. The van der Waals surface area contributed by atoms with Gasteiger partial charge < -0.3 is 4.42 Å². The van der Waals surface area contributed by atoms with Gasteiger partial charge in [0.15, 0.2) is 0 Å². The van der Waals surface area contributed by atoms with Crippen LogP contribution in [0.15, 0.2) is 169 Å². The zero-order chi connectivity index (χ0) is 33.3. The summed E-state index contributed by atoms with van der Waals surface area (Å²) in [6.45, 7) is 8.90. The third-order valence-electron chi connectivity index (χ3n) is 10.5. The molecule has 0 aliphatic heterocycles. The highest BCUT2D eigenvalue weighted by molar-refractivity contribution is 7.26. The molecule has 0 spiro atoms. The van der Waals surface area contributed by atoms with Crippen molar-refractivity contribution in [2.24, 2.45) is 0 Å². The predicted molar refractivity (Wildman–Crippen MR) is 218 cm³/mol. The van der Waals surface area contributed by atoms with Crippen molar-refractivity contribution in [2.45, 2.75) is 12.3 Å². The highest BCUT2D eigenvalue weighted by Crippen LogP contribution is 2.46. The Hall–Kier alpha value is -5.96. The minimum absolute atomic E-state index is 0.184. The van der Waals surface area contributed by atoms with Crippen molar-refractivity contribution in [1.82, 2.24) is 0 Å². The van der Waals surface area contributed by atoms with Crippen LogP contribution >= 0.6 is 11.3 Å². The maximum atomic E-state index is 6.69. The molecule has 0 aliphatic rings. The highest BCUT2D eigenvalue weighted by Gasteiger charge is 2.21. The van der Waals surface area contributed by atoms with Crippen LogP contribution in [0.3, 0.4) is 0 Å². The first-order valence-electron chi connectivity index (χ1n) is 17.2. The maximum Gasteiger partial charge on any atom is 0.143 e. The molecule has 2 aromatic heterocycles. The summed E-state index contributed by atoms with van der Waals surface area (Å²) >= 11 is 1.85. The maximum absolute atomic E-state index is 6.69. The van der Waals surface area contributed by atoms with Gasteiger partial charge in [-0.15, -0.1) is 17.9 Å². The minimum atomic E-state index is 0.184. The summed E-state index contributed by atoms with van der Waals surface area (Å²) in [5.41, 5.74) is 7.86. The Bertz CT molecular complexity index is 2940. The quantitative estimate of drug-likeness (QED) is 0.128. The molecule has 0 N–H and O–H groups in total. The molecule has 2 heteroatoms. The summed E-state index contributed by atoms with van der Waals surface area (Å²) in [5.74, 6) is 0.184. The molecule has 0 saturated heterocycles. The first-order valence-corrected chi connectivity index (χ1v) is 18.0. The fourth-order valence-electron chi connectivity index (χ4n) is 8.24. The molecule has 1 unspecified atom stereocenters. The molecule has 10 rings (SSSR count). The molecule has 236 valence electrons. The fraction of sp³-hybridized carbons (Fsp3) is 0.0417. The van der Waals surface area contributed by atoms with E-state index in [-0.39, 0.29) is 5.92 Å². The van der Waals surface area contributed by atoms with E-state index in [2.05, 4.69) is 158 Å². The summed E-state index contributed by atoms with van der Waals surface area (Å²) in [6.07, 6.45) is 2.85. The largest absolute Gasteiger partial charge is 0.455 e. The Morgan fingerprint density at radius 1 is 0.580 bits per heavy atom. The number of furan rings is 1. The van der Waals surface area contributed by atoms with Crippen LogP contribution < -0.4 is 0 Å². The van der Waals surface area contributed by atoms with Crippen molar-refractivity contribution < 1.29 is 4.42 Å². The standard InChI is InChI=1S/C48H32OS/c1-3-30(31-13-5-4-6-14-31)27-29(2)45-33-15-7-9-17-35(33)46(36-18-10-8-16-34(36)45)32-21-25-42-41(28-32)39-23-22-37-38(48(39)49-42)24-26-44-47(37)40-19-11-12-20-43(40)50-44/h3-26,28,30H,1-2,27H2. The van der Waals surface area contributed by atoms with Gasteiger partial charge in [0.25, 0.3) is 0 Å². The SMILES string of the molecule is C=CC(CC(=C)c1c2ccccc2c(-c2ccc3oc4c(ccc5c4ccc4sc6ccccc6c45)c3c2)c2ccccc12)c1ccccc1. The number of fused-ring (bicyclic) bond motifs is 11. The van der Waals surface area contributed by atoms with E-state index in [4.69, 9.17) is 11.0 Å². The molecule has 1 atom stereocenters. The molecule has 0 amide bonds. The Kier molecular flexibility index (Phi) is 6.55. The van der Waals surface area contributed by atoms with E-state index in [1.54, 1.807) is 0 Å². The number of rotatable bonds is 6. The van der Waals surface area contributed by atoms with Gasteiger partial charge in [0.05, 0.1) is 0 Å². The summed E-state index contributed by atoms with van der Waals surface area (Å²) in [7, 11) is 0. The second kappa shape index (κ2) is 11.3. The smallest absolute Gasteiger partial charge is 0.143 e. The van der Waals surface area contributed by atoms with Crippen molar-refractivity contribution in [3.63, 3.8) is 0 Å². The van der Waals surface area contributed by atoms with Crippen LogP contribution in [-0.4, -0.2) is 0 Å². The lowest BCUT2D eigenvalue weighted by Gasteiger charge is -2.21. The molecule has 0 saturated carbocycles. The number of benzene rings is 8. The third-order valence-corrected chi connectivity index (χ3v) is 11.7. The average molecular weight is 657 g/mol. The molecular formula is C48H32OS. The fourth-order valence-corrected chi connectivity index (χ4v) is 9.37. The molecule has 0 radical (unpaired) electrons. The van der Waals surface area contributed by atoms with Crippen LogP contribution in [0.5, 0.6) is 0 Å². The van der Waals surface area contributed by atoms with Gasteiger partial charge in [-0.3, -0.25) is 0 Å². The normalized spacial score (nSPS) is 12.6. The third kappa shape index (κ3) is 4.32. The van der Waals surface area contributed by atoms with E-state index < -0.39 is 0 Å². The van der Waals surface area contributed by atoms with Crippen molar-refractivity contribution in [1.29, 1.82) is 0 Å². The van der Waals surface area contributed by atoms with Gasteiger partial charge >= 0.3 is 0 Å². The molecule has 0 bridgehead atoms. The van der Waals surface area contributed by atoms with E-state index >= 15 is 0 Å². The molecule has 2 heterocycles. The minimum Gasteiger partial charge on any atom is -0.455 e. The molecule has 10 aromatic rings. The van der Waals surface area contributed by atoms with Gasteiger partial charge in [-0.05, 0) is 97.6 Å². The summed E-state index contributed by atoms with van der Waals surface area (Å²) in [4.78, 5) is 0. The molecule has 0 fully saturated rings. The number of allylic oxidation sites excluding steroid dienone is 2. The van der Waals surface area contributed by atoms with Gasteiger partial charge in [0.1, 0.15) is 11.2 Å². The number of hydrogen-bond donors (Lipinski definition) is 0. The van der Waals surface area contributed by atoms with Crippen LogP contribution in [-0.2, 0) is 0 Å². The van der Waals surface area contributed by atoms with Gasteiger partial charge in [0.2, 0.25) is 0 Å². The second-order valence-corrected chi connectivity index (χ2v) is 14.4. The van der Waals surface area contributed by atoms with Crippen molar-refractivity contribution >= 4 is 91.3 Å². The van der Waals surface area contributed by atoms with Crippen LogP contribution in [0.4, 0.5) is 0 Å². The number of thiophene rings is 1. The van der Waals surface area contributed by atoms with E-state index in [0.717, 1.165) is 39.3 Å². The molecule has 8 aromatic carbocycles. The van der Waals surface area contributed by atoms with Gasteiger partial charge in [-0.25, -0.2) is 0 Å². The monoisotopic (exact) mass is 656 g/mol. The van der Waals surface area contributed by atoms with Crippen molar-refractivity contribution in [3.8, 4) is 11.1 Å². The van der Waals surface area contributed by atoms with Crippen molar-refractivity contribution in [3.05, 3.63) is 176 Å². The van der Waals surface area contributed by atoms with Crippen LogP contribution in [0.1, 0.15) is 23.5 Å². The highest BCUT2D eigenvalue weighted by atomic mass is 32.1. The Morgan fingerprint density at radius 3 is 1.94 bits per heavy atom. The van der Waals surface area contributed by atoms with E-state index in [1.165, 1.54) is 69.4 Å². The van der Waals surface area contributed by atoms with Crippen molar-refractivity contribution in [2.75, 3.05) is 0 Å². The van der Waals surface area contributed by atoms with E-state index in [0.29, 0.717) is 0 Å². The first-order chi connectivity index (χ1) is 24.7. The van der Waals surface area contributed by atoms with Crippen LogP contribution in [0.2, 0.25) is 0 Å². The topological polar surface area (TPSA) is 13.1 Å². The van der Waals surface area contributed by atoms with E-state index in [1.807, 2.05) is 11.3 Å². The zero-order valence-electron chi connectivity index (χ0n) is 27.4.